The van der Waals surface area contributed by atoms with Crippen LogP contribution in [-0.2, 0) is 19.1 Å². The Morgan fingerprint density at radius 2 is 1.50 bits per heavy atom. The van der Waals surface area contributed by atoms with Crippen molar-refractivity contribution >= 4 is 11.9 Å². The second kappa shape index (κ2) is 6.00. The molecule has 0 aromatic carbocycles. The normalized spacial score (nSPS) is 15.7. The van der Waals surface area contributed by atoms with Gasteiger partial charge in [-0.25, -0.2) is 14.2 Å². The predicted octanol–water partition coefficient (Wildman–Crippen LogP) is 0.959. The molecule has 0 bridgehead atoms. The van der Waals surface area contributed by atoms with Gasteiger partial charge in [0.2, 0.25) is 0 Å². The average Bonchev–Trinajstić information content (AvgIpc) is 2.91. The van der Waals surface area contributed by atoms with E-state index in [1.807, 2.05) is 0 Å². The smallest absolute Gasteiger partial charge is 0.336 e. The summed E-state index contributed by atoms with van der Waals surface area (Å²) in [5, 5.41) is 10.6. The van der Waals surface area contributed by atoms with Gasteiger partial charge in [-0.05, 0) is 20.8 Å². The minimum Gasteiger partial charge on any atom is -0.466 e. The fourth-order valence-electron chi connectivity index (χ4n) is 2.53. The lowest BCUT2D eigenvalue weighted by atomic mass is 9.82. The van der Waals surface area contributed by atoms with E-state index in [1.54, 1.807) is 20.8 Å². The Kier molecular flexibility index (Phi) is 4.30. The highest BCUT2D eigenvalue weighted by molar-refractivity contribution is 5.99. The lowest BCUT2D eigenvalue weighted by molar-refractivity contribution is -0.137. The number of rotatable bonds is 3. The molecular formula is C14H17N3O5. The number of aryl methyl sites for hydroxylation is 1. The van der Waals surface area contributed by atoms with Gasteiger partial charge in [0.1, 0.15) is 11.4 Å². The first kappa shape index (κ1) is 15.7. The highest BCUT2D eigenvalue weighted by Crippen LogP contribution is 2.39. The van der Waals surface area contributed by atoms with Gasteiger partial charge >= 0.3 is 11.9 Å². The van der Waals surface area contributed by atoms with Crippen LogP contribution in [0.5, 0.6) is 0 Å². The topological polar surface area (TPSA) is 104 Å². The first-order valence-electron chi connectivity index (χ1n) is 6.56. The first-order valence-corrected chi connectivity index (χ1v) is 6.56. The van der Waals surface area contributed by atoms with Crippen LogP contribution in [0, 0.1) is 6.92 Å². The van der Waals surface area contributed by atoms with Gasteiger partial charge in [-0.2, -0.15) is 0 Å². The number of allylic oxidation sites excluding steroid dienone is 2. The maximum Gasteiger partial charge on any atom is 0.336 e. The molecule has 0 radical (unpaired) electrons. The first-order chi connectivity index (χ1) is 10.4. The van der Waals surface area contributed by atoms with Gasteiger partial charge in [-0.15, -0.1) is 0 Å². The summed E-state index contributed by atoms with van der Waals surface area (Å²) in [7, 11) is 2.55. The molecule has 0 spiro atoms. The molecule has 22 heavy (non-hydrogen) atoms. The maximum atomic E-state index is 12.2. The van der Waals surface area contributed by atoms with Crippen molar-refractivity contribution < 1.29 is 23.7 Å². The molecule has 2 heterocycles. The summed E-state index contributed by atoms with van der Waals surface area (Å²) in [6, 6.07) is 0. The van der Waals surface area contributed by atoms with Gasteiger partial charge in [0.05, 0.1) is 31.3 Å². The predicted molar refractivity (Wildman–Crippen MR) is 74.3 cm³/mol. The van der Waals surface area contributed by atoms with Crippen LogP contribution >= 0.6 is 0 Å². The van der Waals surface area contributed by atoms with Crippen LogP contribution in [0.4, 0.5) is 0 Å². The van der Waals surface area contributed by atoms with Crippen LogP contribution in [0.15, 0.2) is 27.2 Å². The van der Waals surface area contributed by atoms with E-state index >= 15 is 0 Å². The lowest BCUT2D eigenvalue weighted by Gasteiger charge is -2.28. The van der Waals surface area contributed by atoms with Crippen LogP contribution in [0.2, 0.25) is 0 Å². The standard InChI is InChI=1S/C14H17N3O5/c1-6-9(13(18)20-4)11(12-8(3)16-22-17-12)10(7(2)15-6)14(19)21-5/h11,15H,1-5H3. The molecule has 1 N–H and O–H groups in total. The maximum absolute atomic E-state index is 12.2. The number of methoxy groups -OCH3 is 2. The van der Waals surface area contributed by atoms with Crippen LogP contribution in [0.1, 0.15) is 31.2 Å². The van der Waals surface area contributed by atoms with Gasteiger partial charge in [0.15, 0.2) is 0 Å². The Hall–Kier alpha value is -2.64. The Balaban J connectivity index is 2.69. The molecule has 0 aliphatic carbocycles. The molecule has 1 aliphatic heterocycles. The van der Waals surface area contributed by atoms with Gasteiger partial charge in [0, 0.05) is 11.4 Å². The third-order valence-corrected chi connectivity index (χ3v) is 3.53. The van der Waals surface area contributed by atoms with E-state index in [0.717, 1.165) is 0 Å². The molecule has 2 rings (SSSR count). The third-order valence-electron chi connectivity index (χ3n) is 3.53. The van der Waals surface area contributed by atoms with E-state index in [1.165, 1.54) is 14.2 Å². The van der Waals surface area contributed by atoms with Crippen molar-refractivity contribution in [2.24, 2.45) is 0 Å². The molecule has 0 fully saturated rings. The summed E-state index contributed by atoms with van der Waals surface area (Å²) < 4.78 is 14.4. The number of nitrogens with zero attached hydrogens (tertiary/aromatic N) is 2. The van der Waals surface area contributed by atoms with Crippen LogP contribution in [-0.4, -0.2) is 36.5 Å². The second-order valence-corrected chi connectivity index (χ2v) is 4.85. The molecule has 118 valence electrons. The van der Waals surface area contributed by atoms with Gasteiger partial charge < -0.3 is 14.8 Å². The number of esters is 2. The Bertz CT molecular complexity index is 648. The number of dihydropyridines is 1. The highest BCUT2D eigenvalue weighted by atomic mass is 16.6. The zero-order valence-corrected chi connectivity index (χ0v) is 13.0. The van der Waals surface area contributed by atoms with E-state index in [2.05, 4.69) is 15.6 Å². The molecule has 0 atom stereocenters. The fourth-order valence-corrected chi connectivity index (χ4v) is 2.53. The van der Waals surface area contributed by atoms with Crippen molar-refractivity contribution in [2.75, 3.05) is 14.2 Å². The number of nitrogens with one attached hydrogen (secondary N) is 1. The summed E-state index contributed by atoms with van der Waals surface area (Å²) in [4.78, 5) is 24.4. The molecule has 1 aliphatic rings. The third kappa shape index (κ3) is 2.47. The van der Waals surface area contributed by atoms with Crippen molar-refractivity contribution in [1.82, 2.24) is 15.6 Å². The summed E-state index contributed by atoms with van der Waals surface area (Å²) in [6.45, 7) is 5.13. The second-order valence-electron chi connectivity index (χ2n) is 4.85. The zero-order chi connectivity index (χ0) is 16.4. The largest absolute Gasteiger partial charge is 0.466 e. The molecule has 1 aromatic heterocycles. The minimum atomic E-state index is -0.757. The number of carbonyl (C=O) groups is 2. The Morgan fingerprint density at radius 3 is 1.86 bits per heavy atom. The van der Waals surface area contributed by atoms with E-state index in [9.17, 15) is 9.59 Å². The molecular weight excluding hydrogens is 290 g/mol. The molecule has 0 saturated carbocycles. The Labute approximate surface area is 127 Å². The van der Waals surface area contributed by atoms with Gasteiger partial charge in [-0.3, -0.25) is 0 Å². The summed E-state index contributed by atoms with van der Waals surface area (Å²) >= 11 is 0. The summed E-state index contributed by atoms with van der Waals surface area (Å²) in [5.74, 6) is -1.88. The highest BCUT2D eigenvalue weighted by Gasteiger charge is 2.40. The summed E-state index contributed by atoms with van der Waals surface area (Å²) in [5.41, 5.74) is 2.55. The molecule has 1 aromatic rings. The van der Waals surface area contributed by atoms with Gasteiger partial charge in [-0.1, -0.05) is 10.3 Å². The number of aromatic nitrogens is 2. The number of ether oxygens (including phenoxy) is 2. The van der Waals surface area contributed by atoms with E-state index in [0.29, 0.717) is 22.8 Å². The van der Waals surface area contributed by atoms with Crippen LogP contribution < -0.4 is 5.32 Å². The average molecular weight is 307 g/mol. The van der Waals surface area contributed by atoms with Crippen LogP contribution in [0.25, 0.3) is 0 Å². The minimum absolute atomic E-state index is 0.271. The van der Waals surface area contributed by atoms with E-state index in [-0.39, 0.29) is 11.1 Å². The number of hydrogen-bond donors (Lipinski definition) is 1. The molecule has 8 nitrogen and oxygen atoms in total. The van der Waals surface area contributed by atoms with E-state index in [4.69, 9.17) is 14.1 Å². The van der Waals surface area contributed by atoms with Crippen molar-refractivity contribution in [2.45, 2.75) is 26.7 Å². The monoisotopic (exact) mass is 307 g/mol. The van der Waals surface area contributed by atoms with E-state index < -0.39 is 17.9 Å². The van der Waals surface area contributed by atoms with Crippen LogP contribution in [0.3, 0.4) is 0 Å². The summed E-state index contributed by atoms with van der Waals surface area (Å²) in [6.07, 6.45) is 0. The Morgan fingerprint density at radius 1 is 1.00 bits per heavy atom. The van der Waals surface area contributed by atoms with Crippen molar-refractivity contribution in [3.8, 4) is 0 Å². The zero-order valence-electron chi connectivity index (χ0n) is 13.0. The molecule has 8 heteroatoms. The number of carbonyl (C=O) groups excluding carboxylic acids is 2. The van der Waals surface area contributed by atoms with Crippen molar-refractivity contribution in [1.29, 1.82) is 0 Å². The molecule has 0 unspecified atom stereocenters. The van der Waals surface area contributed by atoms with Crippen molar-refractivity contribution in [3.63, 3.8) is 0 Å². The number of hydrogen-bond acceptors (Lipinski definition) is 8. The van der Waals surface area contributed by atoms with Gasteiger partial charge in [0.25, 0.3) is 0 Å². The quantitative estimate of drug-likeness (QED) is 0.823. The van der Waals surface area contributed by atoms with Crippen molar-refractivity contribution in [3.05, 3.63) is 33.9 Å². The fraction of sp³-hybridized carbons (Fsp3) is 0.429. The molecule has 0 saturated heterocycles. The SMILES string of the molecule is COC(=O)C1=C(C)NC(C)=C(C(=O)OC)C1c1nonc1C. The lowest BCUT2D eigenvalue weighted by Crippen LogP contribution is -2.32. The molecule has 0 amide bonds.